The highest BCUT2D eigenvalue weighted by Gasteiger charge is 2.15. The van der Waals surface area contributed by atoms with Gasteiger partial charge in [-0.3, -0.25) is 4.68 Å². The van der Waals surface area contributed by atoms with Gasteiger partial charge in [-0.2, -0.15) is 5.10 Å². The molecule has 0 saturated heterocycles. The molecule has 19 heavy (non-hydrogen) atoms. The Morgan fingerprint density at radius 2 is 2.16 bits per heavy atom. The van der Waals surface area contributed by atoms with Gasteiger partial charge in [-0.1, -0.05) is 24.6 Å². The molecule has 0 aliphatic heterocycles. The smallest absolute Gasteiger partial charge is 0.141 e. The van der Waals surface area contributed by atoms with E-state index in [-0.39, 0.29) is 5.02 Å². The zero-order valence-corrected chi connectivity index (χ0v) is 11.7. The number of hydrogen-bond acceptors (Lipinski definition) is 2. The summed E-state index contributed by atoms with van der Waals surface area (Å²) >= 11 is 5.73. The van der Waals surface area contributed by atoms with Crippen LogP contribution in [0.15, 0.2) is 24.3 Å². The molecule has 1 unspecified atom stereocenters. The maximum absolute atomic E-state index is 13.1. The SMILES string of the molecule is CCc1cc(C(O)Cc2ccc(F)c(Cl)c2)n(C)n1. The van der Waals surface area contributed by atoms with Crippen LogP contribution >= 0.6 is 11.6 Å². The Kier molecular flexibility index (Phi) is 4.22. The van der Waals surface area contributed by atoms with E-state index in [1.165, 1.54) is 12.1 Å². The summed E-state index contributed by atoms with van der Waals surface area (Å²) in [5.74, 6) is -0.450. The molecule has 1 atom stereocenters. The molecule has 0 radical (unpaired) electrons. The van der Waals surface area contributed by atoms with Crippen molar-refractivity contribution in [2.45, 2.75) is 25.9 Å². The molecule has 1 aromatic heterocycles. The standard InChI is InChI=1S/C14H16ClFN2O/c1-3-10-8-13(18(2)17-10)14(19)7-9-4-5-12(16)11(15)6-9/h4-6,8,14,19H,3,7H2,1-2H3. The lowest BCUT2D eigenvalue weighted by molar-refractivity contribution is 0.168. The van der Waals surface area contributed by atoms with Crippen molar-refractivity contribution < 1.29 is 9.50 Å². The van der Waals surface area contributed by atoms with Gasteiger partial charge in [0.25, 0.3) is 0 Å². The summed E-state index contributed by atoms with van der Waals surface area (Å²) in [5.41, 5.74) is 2.48. The first-order chi connectivity index (χ1) is 9.01. The van der Waals surface area contributed by atoms with Gasteiger partial charge < -0.3 is 5.11 Å². The minimum absolute atomic E-state index is 0.0731. The molecular formula is C14H16ClFN2O. The van der Waals surface area contributed by atoms with Crippen LogP contribution in [0, 0.1) is 5.82 Å². The Morgan fingerprint density at radius 1 is 1.42 bits per heavy atom. The minimum Gasteiger partial charge on any atom is -0.386 e. The monoisotopic (exact) mass is 282 g/mol. The normalized spacial score (nSPS) is 12.7. The number of nitrogens with zero attached hydrogens (tertiary/aromatic N) is 2. The summed E-state index contributed by atoms with van der Waals surface area (Å²) in [5, 5.41) is 14.6. The summed E-state index contributed by atoms with van der Waals surface area (Å²) in [6, 6.07) is 6.36. The number of hydrogen-bond donors (Lipinski definition) is 1. The maximum Gasteiger partial charge on any atom is 0.141 e. The molecule has 1 heterocycles. The van der Waals surface area contributed by atoms with Gasteiger partial charge in [0.1, 0.15) is 5.82 Å². The Balaban J connectivity index is 2.17. The Bertz CT molecular complexity index is 583. The van der Waals surface area contributed by atoms with Gasteiger partial charge >= 0.3 is 0 Å². The molecule has 0 aliphatic rings. The lowest BCUT2D eigenvalue weighted by Crippen LogP contribution is -2.08. The Hall–Kier alpha value is -1.39. The molecule has 0 saturated carbocycles. The van der Waals surface area contributed by atoms with Crippen LogP contribution in [0.1, 0.15) is 30.0 Å². The van der Waals surface area contributed by atoms with E-state index in [1.807, 2.05) is 13.0 Å². The zero-order valence-electron chi connectivity index (χ0n) is 10.9. The zero-order chi connectivity index (χ0) is 14.0. The number of benzene rings is 1. The van der Waals surface area contributed by atoms with Crippen molar-refractivity contribution in [2.24, 2.45) is 7.05 Å². The van der Waals surface area contributed by atoms with Crippen molar-refractivity contribution in [3.63, 3.8) is 0 Å². The molecule has 2 aromatic rings. The maximum atomic E-state index is 13.1. The first-order valence-corrected chi connectivity index (χ1v) is 6.54. The van der Waals surface area contributed by atoms with Crippen LogP contribution in [0.3, 0.4) is 0 Å². The number of rotatable bonds is 4. The van der Waals surface area contributed by atoms with Crippen LogP contribution < -0.4 is 0 Å². The lowest BCUT2D eigenvalue weighted by atomic mass is 10.1. The molecule has 1 aromatic carbocycles. The lowest BCUT2D eigenvalue weighted by Gasteiger charge is -2.11. The van der Waals surface area contributed by atoms with Gasteiger partial charge in [0, 0.05) is 13.5 Å². The molecule has 2 rings (SSSR count). The van der Waals surface area contributed by atoms with Gasteiger partial charge in [0.05, 0.1) is 22.5 Å². The summed E-state index contributed by atoms with van der Waals surface area (Å²) in [7, 11) is 1.80. The van der Waals surface area contributed by atoms with E-state index in [9.17, 15) is 9.50 Å². The largest absolute Gasteiger partial charge is 0.386 e. The van der Waals surface area contributed by atoms with E-state index in [0.29, 0.717) is 6.42 Å². The van der Waals surface area contributed by atoms with Crippen LogP contribution in [0.25, 0.3) is 0 Å². The van der Waals surface area contributed by atoms with E-state index in [4.69, 9.17) is 11.6 Å². The highest BCUT2D eigenvalue weighted by atomic mass is 35.5. The number of halogens is 2. The third kappa shape index (κ3) is 3.14. The molecule has 102 valence electrons. The summed E-state index contributed by atoms with van der Waals surface area (Å²) in [6.45, 7) is 2.01. The topological polar surface area (TPSA) is 38.0 Å². The third-order valence-electron chi connectivity index (χ3n) is 3.08. The van der Waals surface area contributed by atoms with Crippen molar-refractivity contribution in [1.82, 2.24) is 9.78 Å². The van der Waals surface area contributed by atoms with Crippen LogP contribution in [-0.4, -0.2) is 14.9 Å². The fourth-order valence-electron chi connectivity index (χ4n) is 2.02. The highest BCUT2D eigenvalue weighted by Crippen LogP contribution is 2.22. The van der Waals surface area contributed by atoms with Crippen LogP contribution in [0.2, 0.25) is 5.02 Å². The third-order valence-corrected chi connectivity index (χ3v) is 3.37. The van der Waals surface area contributed by atoms with Gasteiger partial charge in [-0.05, 0) is 30.2 Å². The molecular weight excluding hydrogens is 267 g/mol. The fourth-order valence-corrected chi connectivity index (χ4v) is 2.23. The van der Waals surface area contributed by atoms with Crippen molar-refractivity contribution >= 4 is 11.6 Å². The van der Waals surface area contributed by atoms with Gasteiger partial charge in [0.2, 0.25) is 0 Å². The van der Waals surface area contributed by atoms with E-state index in [1.54, 1.807) is 17.8 Å². The van der Waals surface area contributed by atoms with E-state index < -0.39 is 11.9 Å². The van der Waals surface area contributed by atoms with Crippen LogP contribution in [0.4, 0.5) is 4.39 Å². The molecule has 0 spiro atoms. The quantitative estimate of drug-likeness (QED) is 0.936. The number of aryl methyl sites for hydroxylation is 2. The number of aliphatic hydroxyl groups is 1. The number of aliphatic hydroxyl groups excluding tert-OH is 1. The minimum atomic E-state index is -0.681. The van der Waals surface area contributed by atoms with Crippen LogP contribution in [-0.2, 0) is 19.9 Å². The predicted octanol–water partition coefficient (Wildman–Crippen LogP) is 3.05. The molecule has 1 N–H and O–H groups in total. The second-order valence-electron chi connectivity index (χ2n) is 4.51. The summed E-state index contributed by atoms with van der Waals surface area (Å²) in [6.07, 6.45) is 0.519. The fraction of sp³-hybridized carbons (Fsp3) is 0.357. The highest BCUT2D eigenvalue weighted by molar-refractivity contribution is 6.30. The van der Waals surface area contributed by atoms with Crippen molar-refractivity contribution in [3.05, 3.63) is 52.1 Å². The Labute approximate surface area is 116 Å². The van der Waals surface area contributed by atoms with Gasteiger partial charge in [-0.25, -0.2) is 4.39 Å². The second kappa shape index (κ2) is 5.72. The molecule has 3 nitrogen and oxygen atoms in total. The van der Waals surface area contributed by atoms with E-state index in [2.05, 4.69) is 5.10 Å². The first-order valence-electron chi connectivity index (χ1n) is 6.16. The first kappa shape index (κ1) is 14.0. The second-order valence-corrected chi connectivity index (χ2v) is 4.91. The molecule has 5 heteroatoms. The molecule has 0 amide bonds. The van der Waals surface area contributed by atoms with Gasteiger partial charge in [-0.15, -0.1) is 0 Å². The predicted molar refractivity (Wildman–Crippen MR) is 72.7 cm³/mol. The average molecular weight is 283 g/mol. The summed E-state index contributed by atoms with van der Waals surface area (Å²) in [4.78, 5) is 0. The van der Waals surface area contributed by atoms with Crippen molar-refractivity contribution in [3.8, 4) is 0 Å². The van der Waals surface area contributed by atoms with Gasteiger partial charge in [0.15, 0.2) is 0 Å². The molecule has 0 fully saturated rings. The van der Waals surface area contributed by atoms with Crippen molar-refractivity contribution in [1.29, 1.82) is 0 Å². The summed E-state index contributed by atoms with van der Waals surface area (Å²) < 4.78 is 14.7. The van der Waals surface area contributed by atoms with E-state index >= 15 is 0 Å². The molecule has 0 bridgehead atoms. The number of aromatic nitrogens is 2. The average Bonchev–Trinajstić information content (AvgIpc) is 2.75. The Morgan fingerprint density at radius 3 is 2.74 bits per heavy atom. The van der Waals surface area contributed by atoms with Crippen LogP contribution in [0.5, 0.6) is 0 Å². The van der Waals surface area contributed by atoms with Crippen molar-refractivity contribution in [2.75, 3.05) is 0 Å². The molecule has 0 aliphatic carbocycles. The van der Waals surface area contributed by atoms with E-state index in [0.717, 1.165) is 23.4 Å².